The van der Waals surface area contributed by atoms with Gasteiger partial charge in [-0.1, -0.05) is 85.8 Å². The van der Waals surface area contributed by atoms with Crippen LogP contribution in [0.1, 0.15) is 0 Å². The zero-order valence-corrected chi connectivity index (χ0v) is 27.5. The third-order valence-corrected chi connectivity index (χ3v) is 10.1. The lowest BCUT2D eigenvalue weighted by Crippen LogP contribution is -2.37. The van der Waals surface area contributed by atoms with Gasteiger partial charge >= 0.3 is 6.01 Å². The number of pyridine rings is 1. The summed E-state index contributed by atoms with van der Waals surface area (Å²) in [5.41, 5.74) is 4.96. The number of aromatic nitrogens is 3. The first-order chi connectivity index (χ1) is 21.7. The number of hydrogen-bond donors (Lipinski definition) is 2. The van der Waals surface area contributed by atoms with Crippen molar-refractivity contribution in [2.75, 3.05) is 33.0 Å². The van der Waals surface area contributed by atoms with E-state index in [4.69, 9.17) is 50.4 Å². The van der Waals surface area contributed by atoms with Crippen LogP contribution < -0.4 is 4.74 Å². The Labute approximate surface area is 268 Å². The number of nitrogens with zero attached hydrogens (tertiary/aromatic N) is 3. The second kappa shape index (κ2) is 13.9. The Morgan fingerprint density at radius 3 is 2.33 bits per heavy atom. The van der Waals surface area contributed by atoms with Gasteiger partial charge < -0.3 is 33.9 Å². The number of hydrogen-bond acceptors (Lipinski definition) is 9. The monoisotopic (exact) mass is 653 g/mol. The van der Waals surface area contributed by atoms with E-state index in [0.29, 0.717) is 41.1 Å². The number of aliphatic hydroxyl groups excluding tert-OH is 2. The minimum Gasteiger partial charge on any atom is -0.456 e. The van der Waals surface area contributed by atoms with Crippen LogP contribution >= 0.6 is 11.6 Å². The molecule has 2 N–H and O–H groups in total. The second-order valence-corrected chi connectivity index (χ2v) is 18.8. The molecule has 4 aromatic rings. The molecule has 2 aromatic heterocycles. The fourth-order valence-corrected chi connectivity index (χ4v) is 6.51. The topological polar surface area (TPSA) is 117 Å². The summed E-state index contributed by atoms with van der Waals surface area (Å²) in [5, 5.41) is 19.3. The molecule has 12 heteroatoms. The minimum absolute atomic E-state index is 0.00304. The van der Waals surface area contributed by atoms with Crippen molar-refractivity contribution in [3.05, 3.63) is 65.7 Å². The molecule has 10 nitrogen and oxygen atoms in total. The number of aliphatic hydroxyl groups is 2. The molecule has 2 aliphatic rings. The highest BCUT2D eigenvalue weighted by Gasteiger charge is 2.50. The lowest BCUT2D eigenvalue weighted by molar-refractivity contribution is -0.0707. The van der Waals surface area contributed by atoms with Gasteiger partial charge in [0.1, 0.15) is 31.1 Å². The van der Waals surface area contributed by atoms with Crippen LogP contribution in [0.5, 0.6) is 6.01 Å². The predicted octanol–water partition coefficient (Wildman–Crippen LogP) is 5.01. The van der Waals surface area contributed by atoms with Crippen LogP contribution in [0.4, 0.5) is 0 Å². The van der Waals surface area contributed by atoms with Crippen LogP contribution in [0.3, 0.4) is 0 Å². The smallest absolute Gasteiger partial charge is 0.301 e. The van der Waals surface area contributed by atoms with E-state index in [1.165, 1.54) is 0 Å². The number of ether oxygens (including phenoxy) is 5. The highest BCUT2D eigenvalue weighted by atomic mass is 35.5. The molecule has 5 atom stereocenters. The maximum atomic E-state index is 9.69. The lowest BCUT2D eigenvalue weighted by Gasteiger charge is -2.19. The molecule has 6 rings (SSSR count). The summed E-state index contributed by atoms with van der Waals surface area (Å²) in [7, 11) is -1.28. The molecule has 4 heterocycles. The Bertz CT molecular complexity index is 1580. The van der Waals surface area contributed by atoms with Crippen molar-refractivity contribution in [2.45, 2.75) is 62.9 Å². The highest BCUT2D eigenvalue weighted by molar-refractivity contribution is 6.76. The van der Waals surface area contributed by atoms with Gasteiger partial charge in [-0.25, -0.2) is 4.98 Å². The third-order valence-electron chi connectivity index (χ3n) is 8.07. The molecule has 2 aliphatic heterocycles. The zero-order valence-electron chi connectivity index (χ0n) is 25.8. The number of fused-ring (bicyclic) bond motifs is 2. The molecule has 0 saturated carbocycles. The maximum absolute atomic E-state index is 9.69. The molecule has 240 valence electrons. The molecule has 0 aliphatic carbocycles. The van der Waals surface area contributed by atoms with Crippen LogP contribution in [-0.2, 0) is 25.7 Å². The molecule has 45 heavy (non-hydrogen) atoms. The number of benzene rings is 2. The van der Waals surface area contributed by atoms with Crippen LogP contribution in [0.15, 0.2) is 60.7 Å². The Morgan fingerprint density at radius 1 is 0.956 bits per heavy atom. The predicted molar refractivity (Wildman–Crippen MR) is 174 cm³/mol. The van der Waals surface area contributed by atoms with Gasteiger partial charge in [-0.3, -0.25) is 4.57 Å². The molecule has 1 unspecified atom stereocenters. The first-order valence-electron chi connectivity index (χ1n) is 15.3. The minimum atomic E-state index is -1.28. The summed E-state index contributed by atoms with van der Waals surface area (Å²) in [6, 6.07) is 21.6. The van der Waals surface area contributed by atoms with E-state index in [1.807, 2.05) is 41.0 Å². The van der Waals surface area contributed by atoms with Crippen molar-refractivity contribution in [1.82, 2.24) is 14.5 Å². The first-order valence-corrected chi connectivity index (χ1v) is 19.4. The van der Waals surface area contributed by atoms with Crippen molar-refractivity contribution in [2.24, 2.45) is 0 Å². The number of halogens is 1. The van der Waals surface area contributed by atoms with Crippen LogP contribution in [0, 0.1) is 0 Å². The van der Waals surface area contributed by atoms with Crippen LogP contribution in [0.25, 0.3) is 33.5 Å². The summed E-state index contributed by atoms with van der Waals surface area (Å²) < 4.78 is 32.2. The van der Waals surface area contributed by atoms with Crippen molar-refractivity contribution in [3.8, 4) is 28.4 Å². The summed E-state index contributed by atoms with van der Waals surface area (Å²) >= 11 is 6.85. The molecule has 0 spiro atoms. The van der Waals surface area contributed by atoms with Gasteiger partial charge in [0.05, 0.1) is 42.7 Å². The largest absolute Gasteiger partial charge is 0.456 e. The van der Waals surface area contributed by atoms with Gasteiger partial charge in [0, 0.05) is 20.2 Å². The Balaban J connectivity index is 1.25. The van der Waals surface area contributed by atoms with Crippen molar-refractivity contribution >= 4 is 30.8 Å². The highest BCUT2D eigenvalue weighted by Crippen LogP contribution is 2.35. The van der Waals surface area contributed by atoms with E-state index in [2.05, 4.69) is 43.9 Å². The van der Waals surface area contributed by atoms with Gasteiger partial charge in [0.25, 0.3) is 0 Å². The maximum Gasteiger partial charge on any atom is 0.301 e. The van der Waals surface area contributed by atoms with Gasteiger partial charge in [0.2, 0.25) is 0 Å². The Morgan fingerprint density at radius 2 is 1.62 bits per heavy atom. The molecule has 0 radical (unpaired) electrons. The van der Waals surface area contributed by atoms with Gasteiger partial charge in [0.15, 0.2) is 11.8 Å². The van der Waals surface area contributed by atoms with Crippen LogP contribution in [-0.4, -0.2) is 96.4 Å². The van der Waals surface area contributed by atoms with Crippen LogP contribution in [0.2, 0.25) is 30.7 Å². The molecule has 2 aromatic carbocycles. The van der Waals surface area contributed by atoms with E-state index in [-0.39, 0.29) is 44.9 Å². The average molecular weight is 654 g/mol. The fraction of sp³-hybridized carbons (Fsp3) is 0.455. The second-order valence-electron chi connectivity index (χ2n) is 12.7. The van der Waals surface area contributed by atoms with Crippen molar-refractivity contribution < 1.29 is 33.9 Å². The zero-order chi connectivity index (χ0) is 31.6. The normalized spacial score (nSPS) is 22.2. The summed E-state index contributed by atoms with van der Waals surface area (Å²) in [5.74, 6) is 0. The Hall–Kier alpha value is -2.87. The van der Waals surface area contributed by atoms with Crippen molar-refractivity contribution in [1.29, 1.82) is 0 Å². The molecule has 0 bridgehead atoms. The lowest BCUT2D eigenvalue weighted by atomic mass is 10.0. The molecular formula is C33H40ClN3O7Si. The summed E-state index contributed by atoms with van der Waals surface area (Å²) in [6.45, 7) is 8.00. The fourth-order valence-electron chi connectivity index (χ4n) is 5.50. The Kier molecular flexibility index (Phi) is 9.88. The third kappa shape index (κ3) is 7.42. The summed E-state index contributed by atoms with van der Waals surface area (Å²) in [6.07, 6.45) is -2.50. The number of imidazole rings is 1. The standard InChI is InChI=1S/C33H40ClN3O7Si/c1-45(2,3)14-13-40-20-37-26-15-25(34)29(23-11-9-22(10-12-23)21-7-5-4-6-8-21)35-32(26)36-33(37)44-28-19-43-30-27(18-42-31(28)30)41-17-24(39)16-38/h4-12,15,24,27-28,30-31,38-39H,13-14,16-20H2,1-3H3/t24?,27-,28-,30-,31-/m1/s1. The molecule has 2 fully saturated rings. The van der Waals surface area contributed by atoms with E-state index < -0.39 is 20.3 Å². The van der Waals surface area contributed by atoms with E-state index in [1.54, 1.807) is 0 Å². The van der Waals surface area contributed by atoms with E-state index in [0.717, 1.165) is 22.7 Å². The average Bonchev–Trinajstić information content (AvgIpc) is 3.72. The van der Waals surface area contributed by atoms with Crippen molar-refractivity contribution in [3.63, 3.8) is 0 Å². The SMILES string of the molecule is C[Si](C)(C)CCOCn1c(O[C@@H]2CO[C@H]3[C@@H]2OC[C@H]3OCC(O)CO)nc2nc(-c3ccc(-c4ccccc4)cc3)c(Cl)cc21. The van der Waals surface area contributed by atoms with E-state index in [9.17, 15) is 5.11 Å². The molecule has 2 saturated heterocycles. The van der Waals surface area contributed by atoms with Gasteiger partial charge in [-0.15, -0.1) is 0 Å². The molecular weight excluding hydrogens is 614 g/mol. The number of rotatable bonds is 13. The van der Waals surface area contributed by atoms with E-state index >= 15 is 0 Å². The quantitative estimate of drug-likeness (QED) is 0.152. The molecule has 0 amide bonds. The first kappa shape index (κ1) is 32.1. The van der Waals surface area contributed by atoms with Gasteiger partial charge in [-0.2, -0.15) is 4.98 Å². The summed E-state index contributed by atoms with van der Waals surface area (Å²) in [4.78, 5) is 9.68. The van der Waals surface area contributed by atoms with Gasteiger partial charge in [-0.05, 0) is 23.2 Å².